The number of nitrogens with zero attached hydrogens (tertiary/aromatic N) is 4. The largest absolute Gasteiger partial charge is 0.790 e. The van der Waals surface area contributed by atoms with E-state index in [4.69, 9.17) is 10.5 Å². The molecule has 56 heavy (non-hydrogen) atoms. The van der Waals surface area contributed by atoms with E-state index in [2.05, 4.69) is 43.5 Å². The minimum Gasteiger partial charge on any atom is -0.790 e. The van der Waals surface area contributed by atoms with Gasteiger partial charge in [-0.1, -0.05) is 44.9 Å². The van der Waals surface area contributed by atoms with Crippen molar-refractivity contribution in [3.05, 3.63) is 12.7 Å². The molecule has 316 valence electrons. The third-order valence-electron chi connectivity index (χ3n) is 8.66. The number of ether oxygens (including phenoxy) is 1. The molecule has 1 saturated heterocycles. The van der Waals surface area contributed by atoms with Gasteiger partial charge in [0.25, 0.3) is 15.6 Å². The fourth-order valence-electron chi connectivity index (χ4n) is 5.72. The highest BCUT2D eigenvalue weighted by atomic mass is 32.2. The monoisotopic (exact) mass is 873 g/mol. The van der Waals surface area contributed by atoms with E-state index in [-0.39, 0.29) is 47.5 Å². The Balaban J connectivity index is 1.22. The summed E-state index contributed by atoms with van der Waals surface area (Å²) in [4.78, 5) is 96.4. The topological polar surface area (TPSA) is 375 Å². The number of carbonyl (C=O) groups is 3. The summed E-state index contributed by atoms with van der Waals surface area (Å²) < 4.78 is 60.5. The summed E-state index contributed by atoms with van der Waals surface area (Å²) in [7, 11) is -17.6. The number of aliphatic hydroxyl groups excluding tert-OH is 2. The molecule has 0 aromatic carbocycles. The van der Waals surface area contributed by atoms with Gasteiger partial charge in [0.1, 0.15) is 36.3 Å². The third kappa shape index (κ3) is 13.3. The van der Waals surface area contributed by atoms with Gasteiger partial charge in [0.15, 0.2) is 22.8 Å². The number of amides is 2. The van der Waals surface area contributed by atoms with Gasteiger partial charge >= 0.3 is 0 Å². The Hall–Kier alpha value is -2.44. The number of thioether (sulfide) groups is 1. The number of aliphatic hydroxyl groups is 2. The zero-order chi connectivity index (χ0) is 41.5. The molecular weight excluding hydrogens is 831 g/mol. The fraction of sp³-hybridized carbons (Fsp3) is 0.714. The quantitative estimate of drug-likeness (QED) is 0.0691. The van der Waals surface area contributed by atoms with Crippen molar-refractivity contribution >= 4 is 69.1 Å². The average molecular weight is 874 g/mol. The molecule has 2 unspecified atom stereocenters. The molecule has 2 aliphatic rings. The second-order valence-electron chi connectivity index (χ2n) is 13.5. The zero-order valence-corrected chi connectivity index (χ0v) is 33.5. The molecular formula is C28H42N7O17P3S-4. The van der Waals surface area contributed by atoms with Crippen LogP contribution >= 0.6 is 35.2 Å². The van der Waals surface area contributed by atoms with Crippen molar-refractivity contribution < 1.29 is 80.5 Å². The van der Waals surface area contributed by atoms with Crippen LogP contribution in [0.2, 0.25) is 0 Å². The van der Waals surface area contributed by atoms with Gasteiger partial charge in [-0.05, 0) is 12.8 Å². The predicted molar refractivity (Wildman–Crippen MR) is 185 cm³/mol. The maximum absolute atomic E-state index is 12.5. The zero-order valence-electron chi connectivity index (χ0n) is 30.0. The van der Waals surface area contributed by atoms with Gasteiger partial charge in [-0.15, -0.1) is 0 Å². The Bertz CT molecular complexity index is 1840. The van der Waals surface area contributed by atoms with E-state index in [1.54, 1.807) is 0 Å². The second-order valence-corrected chi connectivity index (χ2v) is 18.6. The van der Waals surface area contributed by atoms with Gasteiger partial charge in [0.05, 0.1) is 27.4 Å². The van der Waals surface area contributed by atoms with Crippen molar-refractivity contribution in [2.24, 2.45) is 11.3 Å². The molecule has 1 aliphatic carbocycles. The summed E-state index contributed by atoms with van der Waals surface area (Å²) in [5, 5.41) is 26.4. The van der Waals surface area contributed by atoms with Crippen LogP contribution in [0.4, 0.5) is 5.82 Å². The van der Waals surface area contributed by atoms with Crippen molar-refractivity contribution in [3.63, 3.8) is 0 Å². The van der Waals surface area contributed by atoms with E-state index in [1.807, 2.05) is 0 Å². The number of nitrogen functional groups attached to an aromatic ring is 1. The molecule has 2 fully saturated rings. The van der Waals surface area contributed by atoms with Gasteiger partial charge in [-0.25, -0.2) is 19.3 Å². The number of nitrogens with two attached hydrogens (primary N) is 1. The SMILES string of the molecule is CC(C)(COP(=O)([O-])OP(=O)([O-])OC[C@H]1O[C@@H](n2cnc3c(N)ncnc32)[C@H](O)[C@@H]1OP(=O)([O-])[O-])[C@@H](O)C(=O)NCCC(=O)NCCSC(=O)C1CCCCC1. The number of fused-ring (bicyclic) bond motifs is 1. The number of phosphoric ester groups is 3. The molecule has 2 amide bonds. The Kier molecular flexibility index (Phi) is 16.1. The Morgan fingerprint density at radius 2 is 1.73 bits per heavy atom. The minimum absolute atomic E-state index is 0.0186. The maximum Gasteiger partial charge on any atom is 0.274 e. The Morgan fingerprint density at radius 1 is 1.05 bits per heavy atom. The standard InChI is InChI=1S/C28H46N7O17P3S/c1-28(2,22(38)25(39)31-9-8-18(36)30-10-11-56-27(40)16-6-4-3-5-7-16)13-49-55(46,47)52-54(44,45)48-12-17-21(51-53(41,42)43)20(37)26(50-17)35-15-34-19-23(29)32-14-33-24(19)35/h14-17,20-22,26,37-38H,3-13H2,1-2H3,(H,30,36)(H,31,39)(H,44,45)(H,46,47)(H2,29,32,33)(H2,41,42,43)/p-4/t17-,20-,21-,22+,26-/m1/s1. The molecule has 3 heterocycles. The second kappa shape index (κ2) is 19.5. The first kappa shape index (κ1) is 46.3. The number of phosphoric acid groups is 3. The molecule has 0 bridgehead atoms. The highest BCUT2D eigenvalue weighted by molar-refractivity contribution is 8.13. The van der Waals surface area contributed by atoms with Gasteiger partial charge in [-0.2, -0.15) is 0 Å². The summed E-state index contributed by atoms with van der Waals surface area (Å²) in [5.74, 6) is -1.07. The summed E-state index contributed by atoms with van der Waals surface area (Å²) in [6, 6.07) is 0. The number of anilines is 1. The number of carbonyl (C=O) groups excluding carboxylic acids is 3. The first-order chi connectivity index (χ1) is 26.1. The van der Waals surface area contributed by atoms with Crippen molar-refractivity contribution in [3.8, 4) is 0 Å². The lowest BCUT2D eigenvalue weighted by molar-refractivity contribution is -0.347. The highest BCUT2D eigenvalue weighted by Crippen LogP contribution is 2.56. The van der Waals surface area contributed by atoms with Crippen LogP contribution in [0, 0.1) is 11.3 Å². The first-order valence-electron chi connectivity index (χ1n) is 17.1. The number of hydrogen-bond donors (Lipinski definition) is 5. The third-order valence-corrected chi connectivity index (χ3v) is 12.7. The smallest absolute Gasteiger partial charge is 0.274 e. The molecule has 4 rings (SSSR count). The summed E-state index contributed by atoms with van der Waals surface area (Å²) in [6.45, 7) is 0.185. The lowest BCUT2D eigenvalue weighted by atomic mass is 9.87. The summed E-state index contributed by atoms with van der Waals surface area (Å²) in [5.41, 5.74) is 4.08. The van der Waals surface area contributed by atoms with Crippen LogP contribution in [0.3, 0.4) is 0 Å². The van der Waals surface area contributed by atoms with E-state index >= 15 is 0 Å². The number of aromatic nitrogens is 4. The normalized spacial score (nSPS) is 23.6. The van der Waals surface area contributed by atoms with Gasteiger partial charge < -0.3 is 69.0 Å². The van der Waals surface area contributed by atoms with Crippen LogP contribution in [-0.2, 0) is 50.7 Å². The summed E-state index contributed by atoms with van der Waals surface area (Å²) in [6.07, 6.45) is -2.59. The molecule has 1 saturated carbocycles. The molecule has 0 spiro atoms. The molecule has 0 radical (unpaired) electrons. The van der Waals surface area contributed by atoms with Crippen LogP contribution in [-0.4, -0.2) is 103 Å². The average Bonchev–Trinajstić information content (AvgIpc) is 3.68. The van der Waals surface area contributed by atoms with E-state index in [0.29, 0.717) is 5.75 Å². The number of hydrogen-bond acceptors (Lipinski definition) is 22. The molecule has 1 aliphatic heterocycles. The van der Waals surface area contributed by atoms with Gasteiger partial charge in [0, 0.05) is 36.6 Å². The molecule has 2 aromatic heterocycles. The van der Waals surface area contributed by atoms with Crippen molar-refractivity contribution in [2.75, 3.05) is 37.8 Å². The molecule has 28 heteroatoms. The van der Waals surface area contributed by atoms with Crippen molar-refractivity contribution in [1.29, 1.82) is 0 Å². The van der Waals surface area contributed by atoms with Crippen molar-refractivity contribution in [1.82, 2.24) is 30.2 Å². The van der Waals surface area contributed by atoms with Crippen LogP contribution in [0.25, 0.3) is 11.2 Å². The number of rotatable bonds is 20. The molecule has 7 atom stereocenters. The van der Waals surface area contributed by atoms with Crippen LogP contribution in [0.5, 0.6) is 0 Å². The van der Waals surface area contributed by atoms with Crippen LogP contribution in [0.15, 0.2) is 12.7 Å². The van der Waals surface area contributed by atoms with Gasteiger partial charge in [-0.3, -0.25) is 28.1 Å². The van der Waals surface area contributed by atoms with E-state index < -0.39 is 84.6 Å². The summed E-state index contributed by atoms with van der Waals surface area (Å²) >= 11 is 1.17. The van der Waals surface area contributed by atoms with Crippen LogP contribution < -0.4 is 35.9 Å². The van der Waals surface area contributed by atoms with Gasteiger partial charge in [0.2, 0.25) is 11.8 Å². The van der Waals surface area contributed by atoms with E-state index in [1.165, 1.54) is 25.6 Å². The number of nitrogens with one attached hydrogen (secondary N) is 2. The predicted octanol–water partition coefficient (Wildman–Crippen LogP) is -2.28. The minimum atomic E-state index is -5.91. The molecule has 24 nitrogen and oxygen atoms in total. The Morgan fingerprint density at radius 3 is 2.41 bits per heavy atom. The lowest BCUT2D eigenvalue weighted by Crippen LogP contribution is -2.46. The number of imidazole rings is 1. The molecule has 6 N–H and O–H groups in total. The van der Waals surface area contributed by atoms with Crippen molar-refractivity contribution in [2.45, 2.75) is 83.0 Å². The van der Waals surface area contributed by atoms with E-state index in [0.717, 1.165) is 49.3 Å². The Labute approximate surface area is 324 Å². The highest BCUT2D eigenvalue weighted by Gasteiger charge is 2.47. The lowest BCUT2D eigenvalue weighted by Gasteiger charge is -2.36. The maximum atomic E-state index is 12.5. The molecule has 2 aromatic rings. The first-order valence-corrected chi connectivity index (χ1v) is 22.4. The fourth-order valence-corrected chi connectivity index (χ4v) is 9.33. The van der Waals surface area contributed by atoms with Crippen LogP contribution in [0.1, 0.15) is 58.6 Å². The van der Waals surface area contributed by atoms with E-state index in [9.17, 15) is 57.9 Å².